The summed E-state index contributed by atoms with van der Waals surface area (Å²) >= 11 is 1.21. The maximum atomic E-state index is 13.4. The highest BCUT2D eigenvalue weighted by atomic mass is 32.2. The number of carbonyl (C=O) groups is 1. The van der Waals surface area contributed by atoms with Crippen molar-refractivity contribution in [3.05, 3.63) is 70.3 Å². The zero-order chi connectivity index (χ0) is 23.5. The molecule has 0 unspecified atom stereocenters. The number of thioether (sulfide) groups is 1. The summed E-state index contributed by atoms with van der Waals surface area (Å²) in [7, 11) is 1.83. The molecule has 0 bridgehead atoms. The van der Waals surface area contributed by atoms with Crippen molar-refractivity contribution in [3.8, 4) is 11.4 Å². The lowest BCUT2D eigenvalue weighted by molar-refractivity contribution is -0.113. The molecule has 170 valence electrons. The second kappa shape index (κ2) is 9.50. The highest BCUT2D eigenvalue weighted by Gasteiger charge is 2.17. The van der Waals surface area contributed by atoms with E-state index in [2.05, 4.69) is 15.4 Å². The molecule has 0 radical (unpaired) electrons. The number of amides is 1. The molecule has 8 nitrogen and oxygen atoms in total. The number of benzene rings is 2. The van der Waals surface area contributed by atoms with Crippen LogP contribution in [0.2, 0.25) is 0 Å². The number of para-hydroxylation sites is 1. The van der Waals surface area contributed by atoms with E-state index in [1.54, 1.807) is 16.8 Å². The summed E-state index contributed by atoms with van der Waals surface area (Å²) in [5.74, 6) is 0.619. The third kappa shape index (κ3) is 4.63. The molecule has 0 aliphatic carbocycles. The average molecular weight is 464 g/mol. The summed E-state index contributed by atoms with van der Waals surface area (Å²) in [5.41, 5.74) is 3.39. The minimum Gasteiger partial charge on any atom is -0.494 e. The molecule has 0 aliphatic rings. The lowest BCUT2D eigenvalue weighted by Gasteiger charge is -2.14. The number of nitrogens with one attached hydrogen (secondary N) is 1. The molecule has 9 heteroatoms. The maximum Gasteiger partial charge on any atom is 0.266 e. The number of hydrogen-bond donors (Lipinski definition) is 1. The molecule has 4 aromatic rings. The minimum absolute atomic E-state index is 0.0928. The smallest absolute Gasteiger partial charge is 0.266 e. The van der Waals surface area contributed by atoms with E-state index in [4.69, 9.17) is 4.74 Å². The SMILES string of the molecule is CCOc1ccc(-n2c(SCC(=O)Nc3c(C)nn(C)c3C)nc3ccccc3c2=O)cc1. The zero-order valence-corrected chi connectivity index (χ0v) is 19.8. The molecule has 2 aromatic heterocycles. The normalized spacial score (nSPS) is 11.0. The molecule has 0 saturated carbocycles. The van der Waals surface area contributed by atoms with Gasteiger partial charge in [-0.15, -0.1) is 0 Å². The highest BCUT2D eigenvalue weighted by molar-refractivity contribution is 7.99. The van der Waals surface area contributed by atoms with Gasteiger partial charge in [0.1, 0.15) is 5.75 Å². The molecule has 33 heavy (non-hydrogen) atoms. The van der Waals surface area contributed by atoms with Gasteiger partial charge in [0.15, 0.2) is 5.16 Å². The first-order valence-corrected chi connectivity index (χ1v) is 11.6. The second-order valence-corrected chi connectivity index (χ2v) is 8.43. The Morgan fingerprint density at radius 3 is 2.52 bits per heavy atom. The number of carbonyl (C=O) groups excluding carboxylic acids is 1. The summed E-state index contributed by atoms with van der Waals surface area (Å²) in [6, 6.07) is 14.5. The molecule has 2 heterocycles. The zero-order valence-electron chi connectivity index (χ0n) is 19.0. The number of nitrogens with zero attached hydrogens (tertiary/aromatic N) is 4. The minimum atomic E-state index is -0.195. The molecule has 0 aliphatic heterocycles. The lowest BCUT2D eigenvalue weighted by Crippen LogP contribution is -2.23. The van der Waals surface area contributed by atoms with Crippen molar-refractivity contribution >= 4 is 34.3 Å². The molecule has 0 saturated heterocycles. The number of aromatic nitrogens is 4. The van der Waals surface area contributed by atoms with Crippen LogP contribution in [0.4, 0.5) is 5.69 Å². The Labute approximate surface area is 195 Å². The van der Waals surface area contributed by atoms with Crippen molar-refractivity contribution in [2.75, 3.05) is 17.7 Å². The Balaban J connectivity index is 1.66. The predicted molar refractivity (Wildman–Crippen MR) is 131 cm³/mol. The van der Waals surface area contributed by atoms with Gasteiger partial charge in [-0.05, 0) is 57.2 Å². The summed E-state index contributed by atoms with van der Waals surface area (Å²) in [6.07, 6.45) is 0. The summed E-state index contributed by atoms with van der Waals surface area (Å²) in [6.45, 7) is 6.23. The topological polar surface area (TPSA) is 91.0 Å². The first kappa shape index (κ1) is 22.6. The Morgan fingerprint density at radius 2 is 1.85 bits per heavy atom. The van der Waals surface area contributed by atoms with Crippen molar-refractivity contribution < 1.29 is 9.53 Å². The van der Waals surface area contributed by atoms with E-state index in [1.807, 2.05) is 64.2 Å². The van der Waals surface area contributed by atoms with Crippen LogP contribution in [0.3, 0.4) is 0 Å². The maximum absolute atomic E-state index is 13.4. The Kier molecular flexibility index (Phi) is 6.50. The van der Waals surface area contributed by atoms with Crippen LogP contribution in [-0.2, 0) is 11.8 Å². The standard InChI is InChI=1S/C24H25N5O3S/c1-5-32-18-12-10-17(11-13-18)29-23(31)19-8-6-7-9-20(19)25-24(29)33-14-21(30)26-22-15(2)27-28(4)16(22)3/h6-13H,5,14H2,1-4H3,(H,26,30). The van der Waals surface area contributed by atoms with Gasteiger partial charge in [-0.1, -0.05) is 23.9 Å². The van der Waals surface area contributed by atoms with Crippen molar-refractivity contribution in [2.24, 2.45) is 7.05 Å². The van der Waals surface area contributed by atoms with Crippen molar-refractivity contribution in [3.63, 3.8) is 0 Å². The fourth-order valence-corrected chi connectivity index (χ4v) is 4.37. The summed E-state index contributed by atoms with van der Waals surface area (Å²) in [4.78, 5) is 30.8. The van der Waals surface area contributed by atoms with E-state index in [-0.39, 0.29) is 17.2 Å². The number of ether oxygens (including phenoxy) is 1. The van der Waals surface area contributed by atoms with Gasteiger partial charge >= 0.3 is 0 Å². The second-order valence-electron chi connectivity index (χ2n) is 7.49. The Bertz CT molecular complexity index is 1380. The van der Waals surface area contributed by atoms with Crippen LogP contribution in [0.5, 0.6) is 5.75 Å². The lowest BCUT2D eigenvalue weighted by atomic mass is 10.2. The molecular formula is C24H25N5O3S. The molecule has 0 fully saturated rings. The summed E-state index contributed by atoms with van der Waals surface area (Å²) in [5, 5.41) is 8.21. The molecule has 1 N–H and O–H groups in total. The van der Waals surface area contributed by atoms with Gasteiger partial charge in [0.05, 0.1) is 46.0 Å². The van der Waals surface area contributed by atoms with Crippen molar-refractivity contribution in [1.29, 1.82) is 0 Å². The van der Waals surface area contributed by atoms with E-state index in [0.717, 1.165) is 17.1 Å². The number of anilines is 1. The first-order chi connectivity index (χ1) is 15.9. The highest BCUT2D eigenvalue weighted by Crippen LogP contribution is 2.24. The molecule has 2 aromatic carbocycles. The van der Waals surface area contributed by atoms with Crippen LogP contribution in [0, 0.1) is 13.8 Å². The van der Waals surface area contributed by atoms with Crippen LogP contribution < -0.4 is 15.6 Å². The molecule has 0 atom stereocenters. The number of rotatable bonds is 7. The van der Waals surface area contributed by atoms with Crippen LogP contribution >= 0.6 is 11.8 Å². The van der Waals surface area contributed by atoms with Gasteiger partial charge in [0.25, 0.3) is 5.56 Å². The van der Waals surface area contributed by atoms with Crippen molar-refractivity contribution in [2.45, 2.75) is 25.9 Å². The Hall–Kier alpha value is -3.59. The molecule has 0 spiro atoms. The van der Waals surface area contributed by atoms with Gasteiger partial charge in [-0.25, -0.2) is 4.98 Å². The summed E-state index contributed by atoms with van der Waals surface area (Å²) < 4.78 is 8.78. The van der Waals surface area contributed by atoms with Crippen LogP contribution in [0.1, 0.15) is 18.3 Å². The van der Waals surface area contributed by atoms with E-state index in [0.29, 0.717) is 34.0 Å². The van der Waals surface area contributed by atoms with E-state index in [1.165, 1.54) is 16.3 Å². The van der Waals surface area contributed by atoms with Crippen LogP contribution in [-0.4, -0.2) is 37.6 Å². The quantitative estimate of drug-likeness (QED) is 0.331. The van der Waals surface area contributed by atoms with Gasteiger partial charge in [0, 0.05) is 7.05 Å². The van der Waals surface area contributed by atoms with E-state index < -0.39 is 0 Å². The van der Waals surface area contributed by atoms with Crippen LogP contribution in [0.25, 0.3) is 16.6 Å². The van der Waals surface area contributed by atoms with Crippen molar-refractivity contribution in [1.82, 2.24) is 19.3 Å². The third-order valence-corrected chi connectivity index (χ3v) is 6.20. The fraction of sp³-hybridized carbons (Fsp3) is 0.250. The molecule has 4 rings (SSSR count). The molecular weight excluding hydrogens is 438 g/mol. The Morgan fingerprint density at radius 1 is 1.12 bits per heavy atom. The molecule has 1 amide bonds. The van der Waals surface area contributed by atoms with Gasteiger partial charge in [-0.3, -0.25) is 18.8 Å². The fourth-order valence-electron chi connectivity index (χ4n) is 3.56. The van der Waals surface area contributed by atoms with Crippen LogP contribution in [0.15, 0.2) is 58.5 Å². The van der Waals surface area contributed by atoms with E-state index >= 15 is 0 Å². The average Bonchev–Trinajstić information content (AvgIpc) is 3.04. The van der Waals surface area contributed by atoms with Gasteiger partial charge < -0.3 is 10.1 Å². The predicted octanol–water partition coefficient (Wildman–Crippen LogP) is 3.87. The first-order valence-electron chi connectivity index (χ1n) is 10.6. The number of fused-ring (bicyclic) bond motifs is 1. The number of hydrogen-bond acceptors (Lipinski definition) is 6. The van der Waals surface area contributed by atoms with E-state index in [9.17, 15) is 9.59 Å². The largest absolute Gasteiger partial charge is 0.494 e. The van der Waals surface area contributed by atoms with Gasteiger partial charge in [0.2, 0.25) is 5.91 Å². The monoisotopic (exact) mass is 463 g/mol. The number of aryl methyl sites for hydroxylation is 2. The van der Waals surface area contributed by atoms with Gasteiger partial charge in [-0.2, -0.15) is 5.10 Å². The third-order valence-electron chi connectivity index (χ3n) is 5.26.